The van der Waals surface area contributed by atoms with Crippen molar-refractivity contribution in [3.63, 3.8) is 0 Å². The average molecular weight is 296 g/mol. The standard InChI is InChI=1S/C18H16O4/c1-2-11-3-5-12(6-4-11)13-7-9-14(10-8-13)17-15(19)16(20)18(21)22-17/h3-10,17,19-20H,2H2,1H3. The topological polar surface area (TPSA) is 66.8 Å². The number of aliphatic hydroxyl groups is 2. The Kier molecular flexibility index (Phi) is 3.59. The van der Waals surface area contributed by atoms with Gasteiger partial charge in [0.1, 0.15) is 0 Å². The molecule has 4 nitrogen and oxygen atoms in total. The number of carbonyl (C=O) groups excluding carboxylic acids is 1. The molecule has 0 aromatic heterocycles. The molecule has 1 heterocycles. The third-order valence-corrected chi connectivity index (χ3v) is 3.82. The van der Waals surface area contributed by atoms with E-state index in [4.69, 9.17) is 4.74 Å². The van der Waals surface area contributed by atoms with Crippen LogP contribution in [0.15, 0.2) is 60.0 Å². The Bertz CT molecular complexity index is 727. The van der Waals surface area contributed by atoms with Gasteiger partial charge in [-0.3, -0.25) is 0 Å². The van der Waals surface area contributed by atoms with Crippen LogP contribution in [0.4, 0.5) is 0 Å². The number of benzene rings is 2. The molecule has 4 heteroatoms. The van der Waals surface area contributed by atoms with E-state index in [1.807, 2.05) is 12.1 Å². The Morgan fingerprint density at radius 3 is 1.95 bits per heavy atom. The molecule has 0 saturated heterocycles. The minimum atomic E-state index is -0.927. The van der Waals surface area contributed by atoms with Crippen LogP contribution in [-0.2, 0) is 16.0 Å². The first-order chi connectivity index (χ1) is 10.6. The molecule has 0 radical (unpaired) electrons. The molecule has 2 N–H and O–H groups in total. The Labute approximate surface area is 128 Å². The van der Waals surface area contributed by atoms with Crippen molar-refractivity contribution in [1.29, 1.82) is 0 Å². The van der Waals surface area contributed by atoms with E-state index >= 15 is 0 Å². The summed E-state index contributed by atoms with van der Waals surface area (Å²) in [6.45, 7) is 2.11. The van der Waals surface area contributed by atoms with E-state index in [1.165, 1.54) is 5.56 Å². The van der Waals surface area contributed by atoms with Crippen molar-refractivity contribution in [2.24, 2.45) is 0 Å². The summed E-state index contributed by atoms with van der Waals surface area (Å²) in [5.74, 6) is -2.06. The van der Waals surface area contributed by atoms with Crippen molar-refractivity contribution in [1.82, 2.24) is 0 Å². The summed E-state index contributed by atoms with van der Waals surface area (Å²) in [6.07, 6.45) is 0.0745. The molecule has 0 fully saturated rings. The van der Waals surface area contributed by atoms with Crippen molar-refractivity contribution >= 4 is 5.97 Å². The average Bonchev–Trinajstić information content (AvgIpc) is 2.83. The molecule has 112 valence electrons. The van der Waals surface area contributed by atoms with Crippen LogP contribution in [0, 0.1) is 0 Å². The third kappa shape index (κ3) is 2.44. The molecule has 0 spiro atoms. The number of rotatable bonds is 3. The number of hydrogen-bond donors (Lipinski definition) is 2. The molecule has 0 saturated carbocycles. The summed E-state index contributed by atoms with van der Waals surface area (Å²) in [5.41, 5.74) is 4.02. The van der Waals surface area contributed by atoms with Gasteiger partial charge in [0, 0.05) is 5.56 Å². The SMILES string of the molecule is CCc1ccc(-c2ccc(C3OC(=O)C(O)=C3O)cc2)cc1. The van der Waals surface area contributed by atoms with E-state index in [0.29, 0.717) is 5.56 Å². The van der Waals surface area contributed by atoms with Gasteiger partial charge in [0.2, 0.25) is 5.76 Å². The van der Waals surface area contributed by atoms with Crippen LogP contribution < -0.4 is 0 Å². The van der Waals surface area contributed by atoms with E-state index in [9.17, 15) is 15.0 Å². The summed E-state index contributed by atoms with van der Waals surface area (Å²) in [7, 11) is 0. The lowest BCUT2D eigenvalue weighted by atomic mass is 10.00. The monoisotopic (exact) mass is 296 g/mol. The van der Waals surface area contributed by atoms with E-state index < -0.39 is 23.6 Å². The first-order valence-corrected chi connectivity index (χ1v) is 7.12. The highest BCUT2D eigenvalue weighted by Crippen LogP contribution is 2.33. The summed E-state index contributed by atoms with van der Waals surface area (Å²) >= 11 is 0. The van der Waals surface area contributed by atoms with Crippen LogP contribution in [0.2, 0.25) is 0 Å². The summed E-state index contributed by atoms with van der Waals surface area (Å²) in [6, 6.07) is 15.6. The minimum absolute atomic E-state index is 0.440. The molecule has 0 bridgehead atoms. The van der Waals surface area contributed by atoms with Crippen molar-refractivity contribution in [3.8, 4) is 11.1 Å². The molecular weight excluding hydrogens is 280 g/mol. The fourth-order valence-electron chi connectivity index (χ4n) is 2.46. The molecule has 22 heavy (non-hydrogen) atoms. The summed E-state index contributed by atoms with van der Waals surface area (Å²) in [5, 5.41) is 19.0. The van der Waals surface area contributed by atoms with Gasteiger partial charge in [-0.05, 0) is 23.1 Å². The van der Waals surface area contributed by atoms with Crippen LogP contribution in [0.25, 0.3) is 11.1 Å². The number of aryl methyl sites for hydroxylation is 1. The number of hydrogen-bond acceptors (Lipinski definition) is 4. The number of cyclic esters (lactones) is 1. The van der Waals surface area contributed by atoms with Crippen LogP contribution in [0.3, 0.4) is 0 Å². The van der Waals surface area contributed by atoms with Gasteiger partial charge in [-0.2, -0.15) is 0 Å². The number of ether oxygens (including phenoxy) is 1. The Hall–Kier alpha value is -2.75. The largest absolute Gasteiger partial charge is 0.505 e. The van der Waals surface area contributed by atoms with Gasteiger partial charge in [-0.15, -0.1) is 0 Å². The van der Waals surface area contributed by atoms with Gasteiger partial charge < -0.3 is 14.9 Å². The Morgan fingerprint density at radius 2 is 1.50 bits per heavy atom. The van der Waals surface area contributed by atoms with Crippen LogP contribution in [0.5, 0.6) is 0 Å². The van der Waals surface area contributed by atoms with Gasteiger partial charge in [0.15, 0.2) is 11.9 Å². The van der Waals surface area contributed by atoms with E-state index in [1.54, 1.807) is 12.1 Å². The molecule has 1 atom stereocenters. The maximum absolute atomic E-state index is 11.2. The fourth-order valence-corrected chi connectivity index (χ4v) is 2.46. The second kappa shape index (κ2) is 5.56. The third-order valence-electron chi connectivity index (χ3n) is 3.82. The summed E-state index contributed by atoms with van der Waals surface area (Å²) < 4.78 is 4.93. The number of aliphatic hydroxyl groups excluding tert-OH is 2. The van der Waals surface area contributed by atoms with Crippen LogP contribution >= 0.6 is 0 Å². The van der Waals surface area contributed by atoms with Gasteiger partial charge in [0.25, 0.3) is 0 Å². The minimum Gasteiger partial charge on any atom is -0.505 e. The van der Waals surface area contributed by atoms with E-state index in [2.05, 4.69) is 31.2 Å². The maximum atomic E-state index is 11.2. The molecule has 2 aromatic rings. The van der Waals surface area contributed by atoms with E-state index in [-0.39, 0.29) is 0 Å². The second-order valence-corrected chi connectivity index (χ2v) is 5.19. The van der Waals surface area contributed by atoms with Crippen LogP contribution in [0.1, 0.15) is 24.2 Å². The fraction of sp³-hybridized carbons (Fsp3) is 0.167. The van der Waals surface area contributed by atoms with Gasteiger partial charge in [-0.25, -0.2) is 4.79 Å². The Balaban J connectivity index is 1.85. The first kappa shape index (κ1) is 14.2. The normalized spacial score (nSPS) is 17.7. The molecule has 3 rings (SSSR count). The van der Waals surface area contributed by atoms with Crippen molar-refractivity contribution in [2.45, 2.75) is 19.4 Å². The second-order valence-electron chi connectivity index (χ2n) is 5.19. The lowest BCUT2D eigenvalue weighted by molar-refractivity contribution is -0.142. The zero-order valence-corrected chi connectivity index (χ0v) is 12.1. The highest BCUT2D eigenvalue weighted by atomic mass is 16.6. The predicted molar refractivity (Wildman–Crippen MR) is 82.4 cm³/mol. The van der Waals surface area contributed by atoms with E-state index in [0.717, 1.165) is 17.5 Å². The summed E-state index contributed by atoms with van der Waals surface area (Å²) in [4.78, 5) is 11.2. The van der Waals surface area contributed by atoms with Gasteiger partial charge >= 0.3 is 5.97 Å². The predicted octanol–water partition coefficient (Wildman–Crippen LogP) is 3.84. The molecule has 2 aromatic carbocycles. The quantitative estimate of drug-likeness (QED) is 0.844. The highest BCUT2D eigenvalue weighted by Gasteiger charge is 2.35. The van der Waals surface area contributed by atoms with Crippen LogP contribution in [-0.4, -0.2) is 16.2 Å². The van der Waals surface area contributed by atoms with Crippen molar-refractivity contribution < 1.29 is 19.7 Å². The zero-order chi connectivity index (χ0) is 15.7. The Morgan fingerprint density at radius 1 is 0.955 bits per heavy atom. The maximum Gasteiger partial charge on any atom is 0.378 e. The highest BCUT2D eigenvalue weighted by molar-refractivity contribution is 5.89. The molecule has 1 unspecified atom stereocenters. The number of carbonyl (C=O) groups is 1. The molecular formula is C18H16O4. The lowest BCUT2D eigenvalue weighted by Gasteiger charge is -2.11. The number of esters is 1. The molecule has 1 aliphatic rings. The molecule has 1 aliphatic heterocycles. The molecule has 0 amide bonds. The first-order valence-electron chi connectivity index (χ1n) is 7.12. The zero-order valence-electron chi connectivity index (χ0n) is 12.1. The smallest absolute Gasteiger partial charge is 0.378 e. The van der Waals surface area contributed by atoms with Gasteiger partial charge in [0.05, 0.1) is 0 Å². The lowest BCUT2D eigenvalue weighted by Crippen LogP contribution is -2.03. The molecule has 0 aliphatic carbocycles. The van der Waals surface area contributed by atoms with Crippen molar-refractivity contribution in [2.75, 3.05) is 0 Å². The van der Waals surface area contributed by atoms with Gasteiger partial charge in [-0.1, -0.05) is 55.5 Å². The van der Waals surface area contributed by atoms with Crippen molar-refractivity contribution in [3.05, 3.63) is 71.2 Å².